The maximum absolute atomic E-state index is 12.2. The van der Waals surface area contributed by atoms with E-state index in [4.69, 9.17) is 9.47 Å². The van der Waals surface area contributed by atoms with E-state index in [1.165, 1.54) is 0 Å². The number of nitrogens with zero attached hydrogens (tertiary/aromatic N) is 3. The quantitative estimate of drug-likeness (QED) is 0.364. The van der Waals surface area contributed by atoms with Gasteiger partial charge in [-0.15, -0.1) is 0 Å². The van der Waals surface area contributed by atoms with Crippen LogP contribution < -0.4 is 14.8 Å². The average molecular weight is 450 g/mol. The maximum atomic E-state index is 12.2. The lowest BCUT2D eigenvalue weighted by molar-refractivity contribution is 0.354. The van der Waals surface area contributed by atoms with Gasteiger partial charge in [-0.3, -0.25) is 4.68 Å². The Hall–Kier alpha value is -3.31. The summed E-state index contributed by atoms with van der Waals surface area (Å²) in [5, 5.41) is 8.86. The molecule has 0 radical (unpaired) electrons. The Balaban J connectivity index is 1.58. The molecule has 0 aliphatic heterocycles. The minimum atomic E-state index is -2.14. The fraction of sp³-hybridized carbons (Fsp3) is 0.250. The van der Waals surface area contributed by atoms with Crippen molar-refractivity contribution in [1.29, 1.82) is 0 Å². The molecule has 2 aromatic heterocycles. The normalized spacial score (nSPS) is 11.5. The molecule has 4 rings (SSSR count). The van der Waals surface area contributed by atoms with Gasteiger partial charge in [0.05, 0.1) is 39.6 Å². The van der Waals surface area contributed by atoms with Crippen molar-refractivity contribution >= 4 is 29.6 Å². The standard InChI is InChI=1S/C24H27N4O3P/c1-30-22-9-8-17(11-23(22)31-2)15-28-21-12-24(25-13-19(21)14-26-28)27-20-7-5-6-18(10-20)16-32(3,4)29/h5-14H,15-16H2,1-4H3,(H,25,27). The topological polar surface area (TPSA) is 78.3 Å². The molecule has 166 valence electrons. The lowest BCUT2D eigenvalue weighted by Crippen LogP contribution is -2.03. The predicted octanol–water partition coefficient (Wildman–Crippen LogP) is 5.36. The van der Waals surface area contributed by atoms with Crippen LogP contribution in [0.5, 0.6) is 11.5 Å². The van der Waals surface area contributed by atoms with E-state index in [0.29, 0.717) is 24.2 Å². The van der Waals surface area contributed by atoms with E-state index in [1.54, 1.807) is 14.2 Å². The SMILES string of the molecule is COc1ccc(Cn2ncc3cnc(Nc4cccc(CP(C)(C)=O)c4)cc32)cc1OC. The van der Waals surface area contributed by atoms with Crippen LogP contribution in [-0.2, 0) is 17.3 Å². The molecular formula is C24H27N4O3P. The summed E-state index contributed by atoms with van der Waals surface area (Å²) in [5.41, 5.74) is 3.98. The number of hydrogen-bond acceptors (Lipinski definition) is 6. The highest BCUT2D eigenvalue weighted by Crippen LogP contribution is 2.40. The molecule has 2 heterocycles. The van der Waals surface area contributed by atoms with E-state index < -0.39 is 7.14 Å². The summed E-state index contributed by atoms with van der Waals surface area (Å²) in [7, 11) is 1.11. The minimum Gasteiger partial charge on any atom is -0.493 e. The first-order valence-electron chi connectivity index (χ1n) is 10.3. The van der Waals surface area contributed by atoms with Gasteiger partial charge in [0.1, 0.15) is 5.82 Å². The molecule has 1 N–H and O–H groups in total. The maximum Gasteiger partial charge on any atom is 0.161 e. The predicted molar refractivity (Wildman–Crippen MR) is 129 cm³/mol. The molecule has 7 nitrogen and oxygen atoms in total. The summed E-state index contributed by atoms with van der Waals surface area (Å²) in [6, 6.07) is 15.8. The molecule has 0 amide bonds. The van der Waals surface area contributed by atoms with Crippen LogP contribution in [0.15, 0.2) is 60.9 Å². The summed E-state index contributed by atoms with van der Waals surface area (Å²) >= 11 is 0. The average Bonchev–Trinajstić information content (AvgIpc) is 3.14. The van der Waals surface area contributed by atoms with Gasteiger partial charge >= 0.3 is 0 Å². The fourth-order valence-corrected chi connectivity index (χ4v) is 4.73. The number of rotatable bonds is 8. The van der Waals surface area contributed by atoms with Crippen LogP contribution >= 0.6 is 7.14 Å². The van der Waals surface area contributed by atoms with Gasteiger partial charge in [-0.25, -0.2) is 4.98 Å². The zero-order valence-corrected chi connectivity index (χ0v) is 19.6. The van der Waals surface area contributed by atoms with Crippen molar-refractivity contribution in [2.45, 2.75) is 12.7 Å². The molecule has 0 unspecified atom stereocenters. The highest BCUT2D eigenvalue weighted by Gasteiger charge is 2.11. The molecule has 2 aromatic carbocycles. The van der Waals surface area contributed by atoms with Crippen LogP contribution in [0.25, 0.3) is 10.9 Å². The first-order chi connectivity index (χ1) is 15.3. The molecule has 0 aliphatic carbocycles. The van der Waals surface area contributed by atoms with Crippen LogP contribution in [0, 0.1) is 0 Å². The lowest BCUT2D eigenvalue weighted by Gasteiger charge is -2.11. The number of benzene rings is 2. The minimum absolute atomic E-state index is 0.576. The van der Waals surface area contributed by atoms with E-state index >= 15 is 0 Å². The number of anilines is 2. The second-order valence-electron chi connectivity index (χ2n) is 8.18. The third-order valence-corrected chi connectivity index (χ3v) is 6.20. The molecule has 32 heavy (non-hydrogen) atoms. The van der Waals surface area contributed by atoms with Crippen LogP contribution in [0.1, 0.15) is 11.1 Å². The van der Waals surface area contributed by atoms with Gasteiger partial charge in [-0.1, -0.05) is 18.2 Å². The van der Waals surface area contributed by atoms with E-state index in [-0.39, 0.29) is 0 Å². The van der Waals surface area contributed by atoms with Crippen LogP contribution in [0.3, 0.4) is 0 Å². The summed E-state index contributed by atoms with van der Waals surface area (Å²) in [5.74, 6) is 2.11. The number of ether oxygens (including phenoxy) is 2. The zero-order chi connectivity index (χ0) is 22.7. The van der Waals surface area contributed by atoms with Gasteiger partial charge in [0.15, 0.2) is 11.5 Å². The summed E-state index contributed by atoms with van der Waals surface area (Å²) in [6.07, 6.45) is 4.20. The Morgan fingerprint density at radius 1 is 0.969 bits per heavy atom. The van der Waals surface area contributed by atoms with E-state index in [9.17, 15) is 4.57 Å². The molecule has 4 aromatic rings. The molecule has 0 bridgehead atoms. The molecule has 8 heteroatoms. The highest BCUT2D eigenvalue weighted by molar-refractivity contribution is 7.61. The van der Waals surface area contributed by atoms with Crippen LogP contribution in [0.4, 0.5) is 11.5 Å². The molecule has 0 aliphatic rings. The van der Waals surface area contributed by atoms with Gasteiger partial charge in [0.2, 0.25) is 0 Å². The van der Waals surface area contributed by atoms with Crippen molar-refractivity contribution in [3.8, 4) is 11.5 Å². The molecule has 0 saturated heterocycles. The van der Waals surface area contributed by atoms with Crippen LogP contribution in [-0.4, -0.2) is 42.3 Å². The zero-order valence-electron chi connectivity index (χ0n) is 18.7. The van der Waals surface area contributed by atoms with Crippen LogP contribution in [0.2, 0.25) is 0 Å². The van der Waals surface area contributed by atoms with Gasteiger partial charge in [0, 0.05) is 29.5 Å². The lowest BCUT2D eigenvalue weighted by atomic mass is 10.2. The van der Waals surface area contributed by atoms with E-state index in [0.717, 1.165) is 33.5 Å². The van der Waals surface area contributed by atoms with Crippen molar-refractivity contribution in [3.63, 3.8) is 0 Å². The molecule has 0 spiro atoms. The van der Waals surface area contributed by atoms with Crippen molar-refractivity contribution in [1.82, 2.24) is 14.8 Å². The van der Waals surface area contributed by atoms with Gasteiger partial charge < -0.3 is 19.4 Å². The van der Waals surface area contributed by atoms with Crippen molar-refractivity contribution < 1.29 is 14.0 Å². The molecular weight excluding hydrogens is 423 g/mol. The Kier molecular flexibility index (Phi) is 6.19. The number of nitrogens with one attached hydrogen (secondary N) is 1. The second-order valence-corrected chi connectivity index (χ2v) is 11.6. The first-order valence-corrected chi connectivity index (χ1v) is 13.1. The first kappa shape index (κ1) is 21.9. The monoisotopic (exact) mass is 450 g/mol. The summed E-state index contributed by atoms with van der Waals surface area (Å²) in [4.78, 5) is 4.52. The molecule has 0 atom stereocenters. The van der Waals surface area contributed by atoms with E-state index in [2.05, 4.69) is 15.4 Å². The van der Waals surface area contributed by atoms with Gasteiger partial charge in [0.25, 0.3) is 0 Å². The summed E-state index contributed by atoms with van der Waals surface area (Å²) < 4.78 is 24.9. The molecule has 0 saturated carbocycles. The smallest absolute Gasteiger partial charge is 0.161 e. The second kappa shape index (κ2) is 9.05. The van der Waals surface area contributed by atoms with Gasteiger partial charge in [-0.05, 0) is 48.7 Å². The Morgan fingerprint density at radius 2 is 1.78 bits per heavy atom. The Labute approximate surface area is 187 Å². The number of fused-ring (bicyclic) bond motifs is 1. The summed E-state index contributed by atoms with van der Waals surface area (Å²) in [6.45, 7) is 4.20. The van der Waals surface area contributed by atoms with E-state index in [1.807, 2.05) is 78.9 Å². The number of pyridine rings is 1. The highest BCUT2D eigenvalue weighted by atomic mass is 31.2. The third kappa shape index (κ3) is 5.11. The largest absolute Gasteiger partial charge is 0.493 e. The van der Waals surface area contributed by atoms with Gasteiger partial charge in [-0.2, -0.15) is 5.10 Å². The Bertz CT molecular complexity index is 1300. The number of hydrogen-bond donors (Lipinski definition) is 1. The molecule has 0 fully saturated rings. The number of aromatic nitrogens is 3. The number of methoxy groups -OCH3 is 2. The van der Waals surface area contributed by atoms with Crippen molar-refractivity contribution in [3.05, 3.63) is 72.1 Å². The third-order valence-electron chi connectivity index (χ3n) is 5.07. The van der Waals surface area contributed by atoms with Crippen molar-refractivity contribution in [2.75, 3.05) is 32.9 Å². The van der Waals surface area contributed by atoms with Crippen molar-refractivity contribution in [2.24, 2.45) is 0 Å². The fourth-order valence-electron chi connectivity index (χ4n) is 3.65. The Morgan fingerprint density at radius 3 is 2.53 bits per heavy atom.